The molecule has 0 unspecified atom stereocenters. The highest BCUT2D eigenvalue weighted by atomic mass is 14.0. The minimum Gasteiger partial charge on any atom is -0.0839 e. The van der Waals surface area contributed by atoms with Gasteiger partial charge in [-0.25, -0.2) is 0 Å². The molecule has 0 saturated carbocycles. The third kappa shape index (κ3) is 3.02. The van der Waals surface area contributed by atoms with Crippen molar-refractivity contribution in [2.45, 2.75) is 40.0 Å². The summed E-state index contributed by atoms with van der Waals surface area (Å²) in [5.41, 5.74) is 4.14. The van der Waals surface area contributed by atoms with E-state index in [1.165, 1.54) is 36.0 Å². The number of benzene rings is 1. The summed E-state index contributed by atoms with van der Waals surface area (Å²) in [6, 6.07) is 6.48. The molecular weight excluding hydrogens is 168 g/mol. The highest BCUT2D eigenvalue weighted by molar-refractivity contribution is 5.55. The van der Waals surface area contributed by atoms with E-state index in [9.17, 15) is 0 Å². The lowest BCUT2D eigenvalue weighted by Crippen LogP contribution is -1.84. The summed E-state index contributed by atoms with van der Waals surface area (Å²) >= 11 is 0. The van der Waals surface area contributed by atoms with Gasteiger partial charge < -0.3 is 0 Å². The SMILES string of the molecule is CCCCC=Cc1cccc(C)c1C. The summed E-state index contributed by atoms with van der Waals surface area (Å²) in [7, 11) is 0. The van der Waals surface area contributed by atoms with Crippen LogP contribution >= 0.6 is 0 Å². The molecule has 0 bridgehead atoms. The third-order valence-corrected chi connectivity index (χ3v) is 2.67. The van der Waals surface area contributed by atoms with Crippen molar-refractivity contribution in [2.24, 2.45) is 0 Å². The highest BCUT2D eigenvalue weighted by Gasteiger charge is 1.95. The van der Waals surface area contributed by atoms with Crippen LogP contribution in [-0.2, 0) is 0 Å². The Bertz CT molecular complexity index is 308. The van der Waals surface area contributed by atoms with Crippen LogP contribution < -0.4 is 0 Å². The van der Waals surface area contributed by atoms with Crippen LogP contribution in [0.2, 0.25) is 0 Å². The Labute approximate surface area is 87.7 Å². The molecule has 0 fully saturated rings. The molecule has 0 heterocycles. The minimum absolute atomic E-state index is 1.20. The van der Waals surface area contributed by atoms with Crippen molar-refractivity contribution in [3.8, 4) is 0 Å². The molecule has 0 nitrogen and oxygen atoms in total. The van der Waals surface area contributed by atoms with Gasteiger partial charge in [0.15, 0.2) is 0 Å². The third-order valence-electron chi connectivity index (χ3n) is 2.67. The van der Waals surface area contributed by atoms with E-state index < -0.39 is 0 Å². The predicted molar refractivity (Wildman–Crippen MR) is 64.5 cm³/mol. The van der Waals surface area contributed by atoms with E-state index in [0.29, 0.717) is 0 Å². The molecule has 0 radical (unpaired) electrons. The summed E-state index contributed by atoms with van der Waals surface area (Å²) in [5.74, 6) is 0. The van der Waals surface area contributed by atoms with Gasteiger partial charge in [0.25, 0.3) is 0 Å². The maximum Gasteiger partial charge on any atom is -0.0228 e. The van der Waals surface area contributed by atoms with Crippen LogP contribution in [0.5, 0.6) is 0 Å². The van der Waals surface area contributed by atoms with Crippen molar-refractivity contribution in [3.63, 3.8) is 0 Å². The zero-order valence-corrected chi connectivity index (χ0v) is 9.51. The van der Waals surface area contributed by atoms with Gasteiger partial charge in [-0.2, -0.15) is 0 Å². The van der Waals surface area contributed by atoms with Crippen molar-refractivity contribution in [3.05, 3.63) is 41.0 Å². The van der Waals surface area contributed by atoms with Crippen LogP contribution in [0.15, 0.2) is 24.3 Å². The van der Waals surface area contributed by atoms with Crippen molar-refractivity contribution >= 4 is 6.08 Å². The molecule has 0 amide bonds. The average molecular weight is 188 g/mol. The lowest BCUT2D eigenvalue weighted by Gasteiger charge is -2.03. The quantitative estimate of drug-likeness (QED) is 0.610. The highest BCUT2D eigenvalue weighted by Crippen LogP contribution is 2.14. The Kier molecular flexibility index (Phi) is 4.45. The van der Waals surface area contributed by atoms with Crippen molar-refractivity contribution < 1.29 is 0 Å². The minimum atomic E-state index is 1.20. The molecule has 1 aromatic rings. The molecule has 0 aliphatic rings. The first kappa shape index (κ1) is 11.0. The fourth-order valence-corrected chi connectivity index (χ4v) is 1.49. The summed E-state index contributed by atoms with van der Waals surface area (Å²) in [5, 5.41) is 0. The van der Waals surface area contributed by atoms with Gasteiger partial charge in [0.2, 0.25) is 0 Å². The smallest absolute Gasteiger partial charge is 0.0228 e. The van der Waals surface area contributed by atoms with Crippen LogP contribution in [0, 0.1) is 13.8 Å². The molecule has 0 aromatic heterocycles. The van der Waals surface area contributed by atoms with Gasteiger partial charge in [-0.3, -0.25) is 0 Å². The second-order valence-corrected chi connectivity index (χ2v) is 3.83. The molecule has 0 N–H and O–H groups in total. The summed E-state index contributed by atoms with van der Waals surface area (Å²) in [6.07, 6.45) is 8.30. The van der Waals surface area contributed by atoms with E-state index in [2.05, 4.69) is 51.1 Å². The van der Waals surface area contributed by atoms with Gasteiger partial charge in [0, 0.05) is 0 Å². The molecule has 0 heteroatoms. The van der Waals surface area contributed by atoms with Gasteiger partial charge in [0.05, 0.1) is 0 Å². The number of hydrogen-bond acceptors (Lipinski definition) is 0. The average Bonchev–Trinajstić information content (AvgIpc) is 2.19. The molecule has 0 saturated heterocycles. The zero-order chi connectivity index (χ0) is 10.4. The van der Waals surface area contributed by atoms with Gasteiger partial charge >= 0.3 is 0 Å². The predicted octanol–water partition coefficient (Wildman–Crippen LogP) is 4.51. The molecule has 0 atom stereocenters. The number of rotatable bonds is 4. The Morgan fingerprint density at radius 1 is 1.21 bits per heavy atom. The monoisotopic (exact) mass is 188 g/mol. The summed E-state index contributed by atoms with van der Waals surface area (Å²) in [4.78, 5) is 0. The second-order valence-electron chi connectivity index (χ2n) is 3.83. The number of hydrogen-bond donors (Lipinski definition) is 0. The van der Waals surface area contributed by atoms with Crippen molar-refractivity contribution in [1.82, 2.24) is 0 Å². The molecule has 0 spiro atoms. The van der Waals surface area contributed by atoms with E-state index >= 15 is 0 Å². The van der Waals surface area contributed by atoms with Crippen LogP contribution in [0.1, 0.15) is 42.9 Å². The Balaban J connectivity index is 2.67. The lowest BCUT2D eigenvalue weighted by molar-refractivity contribution is 0.816. The number of allylic oxidation sites excluding steroid dienone is 1. The lowest BCUT2D eigenvalue weighted by atomic mass is 10.0. The summed E-state index contributed by atoms with van der Waals surface area (Å²) in [6.45, 7) is 6.58. The fraction of sp³-hybridized carbons (Fsp3) is 0.429. The van der Waals surface area contributed by atoms with Crippen LogP contribution in [0.4, 0.5) is 0 Å². The van der Waals surface area contributed by atoms with E-state index in [-0.39, 0.29) is 0 Å². The first-order chi connectivity index (χ1) is 6.75. The van der Waals surface area contributed by atoms with E-state index in [1.54, 1.807) is 0 Å². The largest absolute Gasteiger partial charge is 0.0839 e. The van der Waals surface area contributed by atoms with E-state index in [0.717, 1.165) is 0 Å². The summed E-state index contributed by atoms with van der Waals surface area (Å²) < 4.78 is 0. The number of aryl methyl sites for hydroxylation is 1. The van der Waals surface area contributed by atoms with Crippen LogP contribution in [0.3, 0.4) is 0 Å². The Morgan fingerprint density at radius 3 is 2.71 bits per heavy atom. The second kappa shape index (κ2) is 5.64. The maximum absolute atomic E-state index is 2.28. The van der Waals surface area contributed by atoms with Gasteiger partial charge in [0.1, 0.15) is 0 Å². The van der Waals surface area contributed by atoms with E-state index in [1.807, 2.05) is 0 Å². The Morgan fingerprint density at radius 2 is 2.00 bits per heavy atom. The van der Waals surface area contributed by atoms with Crippen LogP contribution in [-0.4, -0.2) is 0 Å². The van der Waals surface area contributed by atoms with Gasteiger partial charge in [-0.1, -0.05) is 50.1 Å². The van der Waals surface area contributed by atoms with Crippen LogP contribution in [0.25, 0.3) is 6.08 Å². The van der Waals surface area contributed by atoms with Crippen molar-refractivity contribution in [2.75, 3.05) is 0 Å². The first-order valence-electron chi connectivity index (χ1n) is 5.48. The normalized spacial score (nSPS) is 11.1. The fourth-order valence-electron chi connectivity index (χ4n) is 1.49. The molecule has 14 heavy (non-hydrogen) atoms. The molecule has 0 aliphatic heterocycles. The standard InChI is InChI=1S/C14H20/c1-4-5-6-7-10-14-11-8-9-12(2)13(14)3/h7-11H,4-6H2,1-3H3. The maximum atomic E-state index is 2.28. The topological polar surface area (TPSA) is 0 Å². The van der Waals surface area contributed by atoms with Crippen molar-refractivity contribution in [1.29, 1.82) is 0 Å². The molecule has 1 aromatic carbocycles. The number of unbranched alkanes of at least 4 members (excludes halogenated alkanes) is 2. The zero-order valence-electron chi connectivity index (χ0n) is 9.51. The first-order valence-corrected chi connectivity index (χ1v) is 5.48. The van der Waals surface area contributed by atoms with Gasteiger partial charge in [-0.15, -0.1) is 0 Å². The molecule has 0 aliphatic carbocycles. The van der Waals surface area contributed by atoms with Gasteiger partial charge in [-0.05, 0) is 37.0 Å². The molecule has 1 rings (SSSR count). The molecule has 76 valence electrons. The molecular formula is C14H20. The van der Waals surface area contributed by atoms with E-state index in [4.69, 9.17) is 0 Å². The Hall–Kier alpha value is -1.04.